The van der Waals surface area contributed by atoms with E-state index in [2.05, 4.69) is 0 Å². The predicted molar refractivity (Wildman–Crippen MR) is 58.7 cm³/mol. The van der Waals surface area contributed by atoms with E-state index in [1.165, 1.54) is 6.66 Å². The number of hydrogen-bond donors (Lipinski definition) is 2. The van der Waals surface area contributed by atoms with Gasteiger partial charge < -0.3 is 14.8 Å². The fourth-order valence-corrected chi connectivity index (χ4v) is 4.56. The molecular weight excluding hydrogens is 215 g/mol. The van der Waals surface area contributed by atoms with Crippen molar-refractivity contribution in [3.8, 4) is 0 Å². The Kier molecular flexibility index (Phi) is 3.62. The summed E-state index contributed by atoms with van der Waals surface area (Å²) in [6, 6.07) is 0. The first-order valence-electron chi connectivity index (χ1n) is 5.33. The van der Waals surface area contributed by atoms with Crippen LogP contribution in [-0.2, 0) is 9.36 Å². The van der Waals surface area contributed by atoms with Crippen molar-refractivity contribution in [1.29, 1.82) is 0 Å². The van der Waals surface area contributed by atoms with Gasteiger partial charge in [-0.3, -0.25) is 0 Å². The molecule has 88 valence electrons. The Morgan fingerprint density at radius 1 is 1.33 bits per heavy atom. The summed E-state index contributed by atoms with van der Waals surface area (Å²) < 4.78 is 12.4. The van der Waals surface area contributed by atoms with Crippen LogP contribution < -0.4 is 0 Å². The number of rotatable bonds is 3. The molecule has 5 heteroatoms. The zero-order valence-corrected chi connectivity index (χ0v) is 10.2. The highest BCUT2D eigenvalue weighted by molar-refractivity contribution is 7.66. The van der Waals surface area contributed by atoms with E-state index in [0.717, 1.165) is 39.0 Å². The molecule has 4 nitrogen and oxygen atoms in total. The molecule has 0 aliphatic heterocycles. The molecule has 1 aliphatic carbocycles. The number of carboxylic acids is 1. The van der Waals surface area contributed by atoms with Crippen molar-refractivity contribution in [3.05, 3.63) is 0 Å². The molecule has 0 saturated heterocycles. The number of aliphatic carboxylic acids is 1. The second kappa shape index (κ2) is 4.26. The first-order chi connectivity index (χ1) is 6.80. The zero-order valence-electron chi connectivity index (χ0n) is 9.27. The highest BCUT2D eigenvalue weighted by Gasteiger charge is 2.50. The van der Waals surface area contributed by atoms with Crippen molar-refractivity contribution in [2.75, 3.05) is 6.66 Å². The average molecular weight is 234 g/mol. The van der Waals surface area contributed by atoms with Gasteiger partial charge in [-0.05, 0) is 26.4 Å². The van der Waals surface area contributed by atoms with Crippen LogP contribution in [0.2, 0.25) is 0 Å². The summed E-state index contributed by atoms with van der Waals surface area (Å²) in [5, 5.41) is 16.6. The second-order valence-electron chi connectivity index (χ2n) is 4.61. The summed E-state index contributed by atoms with van der Waals surface area (Å²) in [5.41, 5.74) is -0.127. The van der Waals surface area contributed by atoms with Crippen LogP contribution in [0, 0.1) is 0 Å². The van der Waals surface area contributed by atoms with Gasteiger partial charge in [0.15, 0.2) is 0 Å². The lowest BCUT2D eigenvalue weighted by molar-refractivity contribution is -0.149. The molecule has 0 aromatic heterocycles. The van der Waals surface area contributed by atoms with Gasteiger partial charge in [0, 0.05) is 5.66 Å². The highest BCUT2D eigenvalue weighted by atomic mass is 31.2. The van der Waals surface area contributed by atoms with E-state index in [1.54, 1.807) is 0 Å². The van der Waals surface area contributed by atoms with Crippen LogP contribution in [0.1, 0.15) is 39.0 Å². The molecule has 1 aliphatic rings. The summed E-state index contributed by atoms with van der Waals surface area (Å²) >= 11 is 0. The zero-order chi connectivity index (χ0) is 11.7. The lowest BCUT2D eigenvalue weighted by Gasteiger charge is -2.35. The summed E-state index contributed by atoms with van der Waals surface area (Å²) in [7, 11) is -3.07. The average Bonchev–Trinajstić information content (AvgIpc) is 2.18. The molecule has 2 unspecified atom stereocenters. The van der Waals surface area contributed by atoms with E-state index in [0.29, 0.717) is 0 Å². The van der Waals surface area contributed by atoms with Crippen LogP contribution in [-0.4, -0.2) is 33.8 Å². The van der Waals surface area contributed by atoms with Gasteiger partial charge in [0.2, 0.25) is 5.34 Å². The Hall–Kier alpha value is -0.340. The predicted octanol–water partition coefficient (Wildman–Crippen LogP) is 2.11. The van der Waals surface area contributed by atoms with Gasteiger partial charge in [-0.2, -0.15) is 0 Å². The first-order valence-corrected chi connectivity index (χ1v) is 7.55. The third kappa shape index (κ3) is 2.26. The number of aliphatic hydroxyl groups is 1. The minimum absolute atomic E-state index is 0.127. The molecule has 1 rings (SSSR count). The third-order valence-electron chi connectivity index (χ3n) is 3.54. The molecule has 0 aromatic rings. The molecule has 1 fully saturated rings. The Morgan fingerprint density at radius 2 is 1.80 bits per heavy atom. The van der Waals surface area contributed by atoms with Crippen molar-refractivity contribution < 1.29 is 19.6 Å². The Bertz CT molecular complexity index is 292. The van der Waals surface area contributed by atoms with Crippen LogP contribution in [0.15, 0.2) is 0 Å². The van der Waals surface area contributed by atoms with Crippen LogP contribution >= 0.6 is 7.14 Å². The van der Waals surface area contributed by atoms with E-state index in [1.807, 2.05) is 0 Å². The van der Waals surface area contributed by atoms with E-state index < -0.39 is 18.5 Å². The SMILES string of the molecule is CC(O)(C(=O)O)P(C)(=O)C1CCCCC1. The molecule has 0 bridgehead atoms. The van der Waals surface area contributed by atoms with Crippen LogP contribution in [0.3, 0.4) is 0 Å². The molecule has 1 saturated carbocycles. The smallest absolute Gasteiger partial charge is 0.343 e. The normalized spacial score (nSPS) is 26.6. The van der Waals surface area contributed by atoms with Crippen molar-refractivity contribution >= 4 is 13.1 Å². The molecule has 0 radical (unpaired) electrons. The van der Waals surface area contributed by atoms with Gasteiger partial charge >= 0.3 is 5.97 Å². The number of carbonyl (C=O) groups is 1. The molecular formula is C10H19O4P. The van der Waals surface area contributed by atoms with E-state index in [4.69, 9.17) is 5.11 Å². The summed E-state index contributed by atoms with van der Waals surface area (Å²) in [6.45, 7) is 2.59. The lowest BCUT2D eigenvalue weighted by Crippen LogP contribution is -2.38. The van der Waals surface area contributed by atoms with Crippen molar-refractivity contribution in [1.82, 2.24) is 0 Å². The van der Waals surface area contributed by atoms with Crippen molar-refractivity contribution in [3.63, 3.8) is 0 Å². The van der Waals surface area contributed by atoms with E-state index in [9.17, 15) is 14.5 Å². The molecule has 0 heterocycles. The maximum Gasteiger partial charge on any atom is 0.343 e. The molecule has 0 aromatic carbocycles. The number of hydrogen-bond acceptors (Lipinski definition) is 3. The highest BCUT2D eigenvalue weighted by Crippen LogP contribution is 2.61. The van der Waals surface area contributed by atoms with Gasteiger partial charge in [0.05, 0.1) is 0 Å². The summed E-state index contributed by atoms with van der Waals surface area (Å²) in [5.74, 6) is -1.38. The topological polar surface area (TPSA) is 74.6 Å². The fraction of sp³-hybridized carbons (Fsp3) is 0.900. The molecule has 2 atom stereocenters. The van der Waals surface area contributed by atoms with Gasteiger partial charge in [-0.1, -0.05) is 19.3 Å². The maximum absolute atomic E-state index is 12.4. The van der Waals surface area contributed by atoms with Crippen LogP contribution in [0.25, 0.3) is 0 Å². The van der Waals surface area contributed by atoms with Gasteiger partial charge in [-0.15, -0.1) is 0 Å². The molecule has 0 amide bonds. The second-order valence-corrected chi connectivity index (χ2v) is 8.19. The maximum atomic E-state index is 12.4. The van der Waals surface area contributed by atoms with Crippen molar-refractivity contribution in [2.45, 2.75) is 50.0 Å². The quantitative estimate of drug-likeness (QED) is 0.733. The number of carboxylic acid groups (broad SMARTS) is 1. The molecule has 15 heavy (non-hydrogen) atoms. The van der Waals surface area contributed by atoms with Crippen LogP contribution in [0.5, 0.6) is 0 Å². The minimum atomic E-state index is -3.07. The monoisotopic (exact) mass is 234 g/mol. The fourth-order valence-electron chi connectivity index (χ4n) is 2.12. The molecule has 2 N–H and O–H groups in total. The first kappa shape index (κ1) is 12.7. The van der Waals surface area contributed by atoms with E-state index >= 15 is 0 Å². The van der Waals surface area contributed by atoms with Gasteiger partial charge in [-0.25, -0.2) is 4.79 Å². The largest absolute Gasteiger partial charge is 0.479 e. The standard InChI is InChI=1S/C10H19O4P/c1-10(13,9(11)12)15(2,14)8-6-4-3-5-7-8/h8,13H,3-7H2,1-2H3,(H,11,12). The minimum Gasteiger partial charge on any atom is -0.479 e. The lowest BCUT2D eigenvalue weighted by atomic mass is 10.0. The van der Waals surface area contributed by atoms with E-state index in [-0.39, 0.29) is 5.66 Å². The summed E-state index contributed by atoms with van der Waals surface area (Å²) in [4.78, 5) is 10.9. The van der Waals surface area contributed by atoms with Gasteiger partial charge in [0.25, 0.3) is 0 Å². The third-order valence-corrected chi connectivity index (χ3v) is 7.37. The molecule has 0 spiro atoms. The van der Waals surface area contributed by atoms with Gasteiger partial charge in [0.1, 0.15) is 7.14 Å². The van der Waals surface area contributed by atoms with Crippen molar-refractivity contribution in [2.24, 2.45) is 0 Å². The Balaban J connectivity index is 2.89. The Labute approximate surface area is 90.1 Å². The summed E-state index contributed by atoms with van der Waals surface area (Å²) in [6.07, 6.45) is 4.64. The van der Waals surface area contributed by atoms with Crippen LogP contribution in [0.4, 0.5) is 0 Å². The Morgan fingerprint density at radius 3 is 2.20 bits per heavy atom.